The zero-order valence-corrected chi connectivity index (χ0v) is 14.8. The third-order valence-corrected chi connectivity index (χ3v) is 4.96. The summed E-state index contributed by atoms with van der Waals surface area (Å²) >= 11 is 9.88. The van der Waals surface area contributed by atoms with Crippen molar-refractivity contribution in [3.05, 3.63) is 27.7 Å². The summed E-state index contributed by atoms with van der Waals surface area (Å²) in [7, 11) is 0. The Kier molecular flexibility index (Phi) is 5.76. The Labute approximate surface area is 136 Å². The van der Waals surface area contributed by atoms with E-state index in [0.717, 1.165) is 22.6 Å². The lowest BCUT2D eigenvalue weighted by atomic mass is 9.96. The van der Waals surface area contributed by atoms with Gasteiger partial charge in [0.2, 0.25) is 0 Å². The first-order valence-electron chi connectivity index (χ1n) is 7.48. The summed E-state index contributed by atoms with van der Waals surface area (Å²) in [4.78, 5) is 2.53. The van der Waals surface area contributed by atoms with Crippen LogP contribution in [0.4, 0.5) is 5.69 Å². The van der Waals surface area contributed by atoms with Crippen molar-refractivity contribution < 1.29 is 0 Å². The second-order valence-corrected chi connectivity index (χ2v) is 7.24. The average Bonchev–Trinajstić information content (AvgIpc) is 2.41. The van der Waals surface area contributed by atoms with Crippen LogP contribution in [-0.4, -0.2) is 25.2 Å². The molecule has 1 aliphatic rings. The van der Waals surface area contributed by atoms with Gasteiger partial charge in [0.25, 0.3) is 0 Å². The molecule has 1 N–H and O–H groups in total. The fraction of sp³-hybridized carbons (Fsp3) is 0.625. The van der Waals surface area contributed by atoms with Gasteiger partial charge in [-0.25, -0.2) is 0 Å². The summed E-state index contributed by atoms with van der Waals surface area (Å²) in [6, 6.07) is 7.14. The highest BCUT2D eigenvalue weighted by atomic mass is 79.9. The quantitative estimate of drug-likeness (QED) is 0.838. The maximum absolute atomic E-state index is 6.20. The SMILES string of the molecule is CCCC1CN(c2cc(Cl)ccc2Br)C(C(C)C)CN1. The van der Waals surface area contributed by atoms with Crippen LogP contribution in [0.15, 0.2) is 22.7 Å². The van der Waals surface area contributed by atoms with E-state index >= 15 is 0 Å². The Morgan fingerprint density at radius 2 is 2.20 bits per heavy atom. The summed E-state index contributed by atoms with van der Waals surface area (Å²) in [6.45, 7) is 8.92. The molecule has 0 spiro atoms. The van der Waals surface area contributed by atoms with E-state index in [1.54, 1.807) is 0 Å². The Hall–Kier alpha value is -0.250. The molecule has 2 nitrogen and oxygen atoms in total. The molecule has 1 aromatic rings. The van der Waals surface area contributed by atoms with Crippen LogP contribution in [0.5, 0.6) is 0 Å². The zero-order chi connectivity index (χ0) is 14.7. The normalized spacial score (nSPS) is 23.4. The molecule has 2 unspecified atom stereocenters. The number of hydrogen-bond donors (Lipinski definition) is 1. The van der Waals surface area contributed by atoms with Gasteiger partial charge in [-0.3, -0.25) is 0 Å². The molecule has 0 saturated carbocycles. The molecule has 4 heteroatoms. The molecule has 1 heterocycles. The van der Waals surface area contributed by atoms with Crippen molar-refractivity contribution >= 4 is 33.2 Å². The van der Waals surface area contributed by atoms with Crippen LogP contribution in [0.25, 0.3) is 0 Å². The predicted molar refractivity (Wildman–Crippen MR) is 91.8 cm³/mol. The minimum absolute atomic E-state index is 0.512. The minimum atomic E-state index is 0.512. The van der Waals surface area contributed by atoms with Gasteiger partial charge in [0, 0.05) is 34.7 Å². The second kappa shape index (κ2) is 7.15. The molecular weight excluding hydrogens is 336 g/mol. The number of benzene rings is 1. The van der Waals surface area contributed by atoms with Crippen molar-refractivity contribution in [3.8, 4) is 0 Å². The third kappa shape index (κ3) is 3.69. The summed E-state index contributed by atoms with van der Waals surface area (Å²) in [5.74, 6) is 0.607. The highest BCUT2D eigenvalue weighted by molar-refractivity contribution is 9.10. The Bertz CT molecular complexity index is 450. The van der Waals surface area contributed by atoms with Crippen molar-refractivity contribution in [1.29, 1.82) is 0 Å². The van der Waals surface area contributed by atoms with Crippen LogP contribution < -0.4 is 10.2 Å². The highest BCUT2D eigenvalue weighted by Gasteiger charge is 2.30. The minimum Gasteiger partial charge on any atom is -0.364 e. The molecule has 1 saturated heterocycles. The van der Waals surface area contributed by atoms with Crippen LogP contribution in [0.2, 0.25) is 5.02 Å². The van der Waals surface area contributed by atoms with Crippen molar-refractivity contribution in [2.45, 2.75) is 45.7 Å². The molecule has 1 fully saturated rings. The maximum atomic E-state index is 6.20. The van der Waals surface area contributed by atoms with Gasteiger partial charge in [-0.2, -0.15) is 0 Å². The van der Waals surface area contributed by atoms with Gasteiger partial charge in [0.15, 0.2) is 0 Å². The van der Waals surface area contributed by atoms with Crippen LogP contribution in [0.3, 0.4) is 0 Å². The molecule has 112 valence electrons. The first kappa shape index (κ1) is 16.1. The number of hydrogen-bond acceptors (Lipinski definition) is 2. The van der Waals surface area contributed by atoms with Gasteiger partial charge in [0.1, 0.15) is 0 Å². The fourth-order valence-electron chi connectivity index (χ4n) is 2.96. The lowest BCUT2D eigenvalue weighted by Gasteiger charge is -2.44. The molecule has 0 bridgehead atoms. The molecule has 0 radical (unpaired) electrons. The van der Waals surface area contributed by atoms with Crippen LogP contribution in [0, 0.1) is 5.92 Å². The van der Waals surface area contributed by atoms with Crippen LogP contribution in [-0.2, 0) is 0 Å². The first-order chi connectivity index (χ1) is 9.52. The van der Waals surface area contributed by atoms with Gasteiger partial charge in [-0.1, -0.05) is 38.8 Å². The lowest BCUT2D eigenvalue weighted by Crippen LogP contribution is -2.58. The number of halogens is 2. The third-order valence-electron chi connectivity index (χ3n) is 4.06. The van der Waals surface area contributed by atoms with Crippen molar-refractivity contribution in [1.82, 2.24) is 5.32 Å². The summed E-state index contributed by atoms with van der Waals surface area (Å²) in [6.07, 6.45) is 2.44. The highest BCUT2D eigenvalue weighted by Crippen LogP contribution is 2.33. The fourth-order valence-corrected chi connectivity index (χ4v) is 3.60. The predicted octanol–water partition coefficient (Wildman–Crippen LogP) is 4.71. The largest absolute Gasteiger partial charge is 0.364 e. The van der Waals surface area contributed by atoms with E-state index in [1.165, 1.54) is 18.5 Å². The summed E-state index contributed by atoms with van der Waals surface area (Å²) in [5, 5.41) is 4.50. The number of nitrogens with zero attached hydrogens (tertiary/aromatic N) is 1. The first-order valence-corrected chi connectivity index (χ1v) is 8.65. The van der Waals surface area contributed by atoms with Crippen LogP contribution in [0.1, 0.15) is 33.6 Å². The van der Waals surface area contributed by atoms with Crippen LogP contribution >= 0.6 is 27.5 Å². The van der Waals surface area contributed by atoms with E-state index in [0.29, 0.717) is 18.0 Å². The zero-order valence-electron chi connectivity index (χ0n) is 12.5. The van der Waals surface area contributed by atoms with Gasteiger partial charge in [-0.15, -0.1) is 0 Å². The van der Waals surface area contributed by atoms with Gasteiger partial charge in [0.05, 0.1) is 5.69 Å². The van der Waals surface area contributed by atoms with Gasteiger partial charge in [-0.05, 0) is 46.5 Å². The van der Waals surface area contributed by atoms with E-state index in [1.807, 2.05) is 12.1 Å². The number of nitrogens with one attached hydrogen (secondary N) is 1. The maximum Gasteiger partial charge on any atom is 0.0529 e. The summed E-state index contributed by atoms with van der Waals surface area (Å²) in [5.41, 5.74) is 1.22. The molecule has 0 aromatic heterocycles. The number of rotatable bonds is 4. The number of piperazine rings is 1. The van der Waals surface area contributed by atoms with E-state index in [4.69, 9.17) is 11.6 Å². The average molecular weight is 360 g/mol. The Morgan fingerprint density at radius 3 is 2.85 bits per heavy atom. The topological polar surface area (TPSA) is 15.3 Å². The monoisotopic (exact) mass is 358 g/mol. The second-order valence-electron chi connectivity index (χ2n) is 5.95. The molecular formula is C16H24BrClN2. The molecule has 20 heavy (non-hydrogen) atoms. The van der Waals surface area contributed by atoms with E-state index < -0.39 is 0 Å². The van der Waals surface area contributed by atoms with Gasteiger partial charge >= 0.3 is 0 Å². The van der Waals surface area contributed by atoms with Crippen molar-refractivity contribution in [2.24, 2.45) is 5.92 Å². The molecule has 0 amide bonds. The standard InChI is InChI=1S/C16H24BrClN2/c1-4-5-13-10-20(16(9-19-13)11(2)3)15-8-12(18)6-7-14(15)17/h6-8,11,13,16,19H,4-5,9-10H2,1-3H3. The van der Waals surface area contributed by atoms with E-state index in [-0.39, 0.29) is 0 Å². The Balaban J connectivity index is 2.28. The summed E-state index contributed by atoms with van der Waals surface area (Å²) < 4.78 is 1.13. The van der Waals surface area contributed by atoms with Gasteiger partial charge < -0.3 is 10.2 Å². The smallest absolute Gasteiger partial charge is 0.0529 e. The van der Waals surface area contributed by atoms with E-state index in [2.05, 4.69) is 53.0 Å². The Morgan fingerprint density at radius 1 is 1.45 bits per heavy atom. The van der Waals surface area contributed by atoms with Crippen molar-refractivity contribution in [2.75, 3.05) is 18.0 Å². The van der Waals surface area contributed by atoms with Crippen molar-refractivity contribution in [3.63, 3.8) is 0 Å². The molecule has 2 atom stereocenters. The number of anilines is 1. The lowest BCUT2D eigenvalue weighted by molar-refractivity contribution is 0.327. The molecule has 0 aliphatic carbocycles. The molecule has 2 rings (SSSR count). The molecule has 1 aliphatic heterocycles. The molecule has 1 aromatic carbocycles. The van der Waals surface area contributed by atoms with E-state index in [9.17, 15) is 0 Å².